The number of aromatic nitrogens is 6. The highest BCUT2D eigenvalue weighted by Gasteiger charge is 2.15. The van der Waals surface area contributed by atoms with Crippen molar-refractivity contribution in [1.82, 2.24) is 29.3 Å². The van der Waals surface area contributed by atoms with E-state index in [9.17, 15) is 9.18 Å². The number of imidazole rings is 1. The van der Waals surface area contributed by atoms with E-state index in [1.165, 1.54) is 16.8 Å². The number of hydrogen-bond donors (Lipinski definition) is 1. The molecule has 0 aliphatic heterocycles. The van der Waals surface area contributed by atoms with Gasteiger partial charge in [-0.15, -0.1) is 0 Å². The zero-order valence-electron chi connectivity index (χ0n) is 20.7. The van der Waals surface area contributed by atoms with Crippen molar-refractivity contribution in [2.45, 2.75) is 20.8 Å². The number of amides is 1. The van der Waals surface area contributed by atoms with Crippen molar-refractivity contribution < 1.29 is 13.9 Å². The molecule has 0 saturated heterocycles. The van der Waals surface area contributed by atoms with Crippen molar-refractivity contribution in [2.75, 3.05) is 5.32 Å². The lowest BCUT2D eigenvalue weighted by Crippen LogP contribution is -2.15. The van der Waals surface area contributed by atoms with Gasteiger partial charge in [0.2, 0.25) is 5.88 Å². The maximum atomic E-state index is 13.2. The van der Waals surface area contributed by atoms with Crippen molar-refractivity contribution in [3.8, 4) is 28.7 Å². The standard InChI is InChI=1S/C27H24FN7O2/c1-16-17(2)35(15-29-16)25-14-26(31-18(3)30-25)37-22-11-9-21(10-12-22)32-27(36)24-13-23(33-34(24)4)19-5-7-20(28)8-6-19/h5-15H,1-4H3,(H,32,36). The van der Waals surface area contributed by atoms with Gasteiger partial charge in [-0.25, -0.2) is 14.4 Å². The lowest BCUT2D eigenvalue weighted by Gasteiger charge is -2.10. The fraction of sp³-hybridized carbons (Fsp3) is 0.148. The fourth-order valence-corrected chi connectivity index (χ4v) is 3.79. The van der Waals surface area contributed by atoms with Crippen LogP contribution in [0.5, 0.6) is 11.6 Å². The van der Waals surface area contributed by atoms with Crippen LogP contribution in [0.15, 0.2) is 67.0 Å². The molecule has 1 N–H and O–H groups in total. The van der Waals surface area contributed by atoms with E-state index in [0.29, 0.717) is 40.3 Å². The molecule has 3 heterocycles. The predicted molar refractivity (Wildman–Crippen MR) is 136 cm³/mol. The van der Waals surface area contributed by atoms with Gasteiger partial charge >= 0.3 is 0 Å². The summed E-state index contributed by atoms with van der Waals surface area (Å²) < 4.78 is 22.5. The summed E-state index contributed by atoms with van der Waals surface area (Å²) in [4.78, 5) is 26.0. The first-order valence-corrected chi connectivity index (χ1v) is 11.5. The number of aryl methyl sites for hydroxylation is 3. The average molecular weight is 498 g/mol. The lowest BCUT2D eigenvalue weighted by molar-refractivity contribution is 0.101. The maximum Gasteiger partial charge on any atom is 0.273 e. The van der Waals surface area contributed by atoms with E-state index in [1.807, 2.05) is 18.4 Å². The summed E-state index contributed by atoms with van der Waals surface area (Å²) in [6.45, 7) is 5.72. The SMILES string of the molecule is Cc1nc(Oc2ccc(NC(=O)c3cc(-c4ccc(F)cc4)nn3C)cc2)cc(-n2cnc(C)c2C)n1. The Morgan fingerprint density at radius 1 is 0.973 bits per heavy atom. The minimum Gasteiger partial charge on any atom is -0.439 e. The van der Waals surface area contributed by atoms with E-state index < -0.39 is 0 Å². The Morgan fingerprint density at radius 2 is 1.70 bits per heavy atom. The molecule has 0 aliphatic rings. The maximum absolute atomic E-state index is 13.2. The van der Waals surface area contributed by atoms with E-state index in [1.54, 1.807) is 68.8 Å². The van der Waals surface area contributed by atoms with Crippen LogP contribution in [0.1, 0.15) is 27.7 Å². The number of anilines is 1. The number of nitrogens with one attached hydrogen (secondary N) is 1. The smallest absolute Gasteiger partial charge is 0.273 e. The molecule has 2 aromatic carbocycles. The Bertz CT molecular complexity index is 1590. The molecule has 1 amide bonds. The Morgan fingerprint density at radius 3 is 2.38 bits per heavy atom. The number of ether oxygens (including phenoxy) is 1. The predicted octanol–water partition coefficient (Wildman–Crippen LogP) is 5.17. The van der Waals surface area contributed by atoms with Crippen LogP contribution in [0.2, 0.25) is 0 Å². The van der Waals surface area contributed by atoms with E-state index in [4.69, 9.17) is 4.74 Å². The molecule has 0 spiro atoms. The highest BCUT2D eigenvalue weighted by Crippen LogP contribution is 2.25. The van der Waals surface area contributed by atoms with Crippen LogP contribution >= 0.6 is 0 Å². The first-order chi connectivity index (χ1) is 17.8. The van der Waals surface area contributed by atoms with Crippen molar-refractivity contribution in [3.05, 3.63) is 95.7 Å². The van der Waals surface area contributed by atoms with Gasteiger partial charge in [-0.3, -0.25) is 14.0 Å². The van der Waals surface area contributed by atoms with Crippen molar-refractivity contribution in [1.29, 1.82) is 0 Å². The van der Waals surface area contributed by atoms with Crippen LogP contribution in [0.3, 0.4) is 0 Å². The highest BCUT2D eigenvalue weighted by molar-refractivity contribution is 6.03. The summed E-state index contributed by atoms with van der Waals surface area (Å²) in [5.41, 5.74) is 4.17. The Labute approximate surface area is 212 Å². The van der Waals surface area contributed by atoms with Gasteiger partial charge in [-0.2, -0.15) is 10.1 Å². The molecule has 9 nitrogen and oxygen atoms in total. The molecule has 10 heteroatoms. The second kappa shape index (κ2) is 9.65. The number of halogens is 1. The van der Waals surface area contributed by atoms with Gasteiger partial charge in [0.25, 0.3) is 5.91 Å². The van der Waals surface area contributed by atoms with Crippen LogP contribution < -0.4 is 10.1 Å². The van der Waals surface area contributed by atoms with Gasteiger partial charge in [0.05, 0.1) is 11.4 Å². The molecular weight excluding hydrogens is 473 g/mol. The topological polar surface area (TPSA) is 99.8 Å². The summed E-state index contributed by atoms with van der Waals surface area (Å²) in [5, 5.41) is 7.23. The van der Waals surface area contributed by atoms with Gasteiger partial charge in [0.15, 0.2) is 0 Å². The van der Waals surface area contributed by atoms with Crippen molar-refractivity contribution >= 4 is 11.6 Å². The molecule has 0 atom stereocenters. The first-order valence-electron chi connectivity index (χ1n) is 11.5. The molecule has 0 aliphatic carbocycles. The largest absolute Gasteiger partial charge is 0.439 e. The molecule has 37 heavy (non-hydrogen) atoms. The lowest BCUT2D eigenvalue weighted by atomic mass is 10.1. The quantitative estimate of drug-likeness (QED) is 0.347. The van der Waals surface area contributed by atoms with Gasteiger partial charge in [0.1, 0.15) is 35.2 Å². The number of nitrogens with zero attached hydrogens (tertiary/aromatic N) is 6. The number of hydrogen-bond acceptors (Lipinski definition) is 6. The normalized spacial score (nSPS) is 10.9. The third kappa shape index (κ3) is 5.08. The third-order valence-corrected chi connectivity index (χ3v) is 5.89. The van der Waals surface area contributed by atoms with Crippen LogP contribution in [0.4, 0.5) is 10.1 Å². The molecule has 5 rings (SSSR count). The highest BCUT2D eigenvalue weighted by atomic mass is 19.1. The molecule has 0 bridgehead atoms. The molecule has 0 fully saturated rings. The summed E-state index contributed by atoms with van der Waals surface area (Å²) >= 11 is 0. The Balaban J connectivity index is 1.29. The summed E-state index contributed by atoms with van der Waals surface area (Å²) in [5.74, 6) is 1.54. The summed E-state index contributed by atoms with van der Waals surface area (Å²) in [7, 11) is 1.68. The number of rotatable bonds is 6. The van der Waals surface area contributed by atoms with E-state index in [2.05, 4.69) is 25.4 Å². The van der Waals surface area contributed by atoms with Crippen LogP contribution in [-0.4, -0.2) is 35.2 Å². The molecule has 5 aromatic rings. The fourth-order valence-electron chi connectivity index (χ4n) is 3.79. The van der Waals surface area contributed by atoms with E-state index >= 15 is 0 Å². The molecule has 0 unspecified atom stereocenters. The van der Waals surface area contributed by atoms with Crippen LogP contribution in [-0.2, 0) is 7.05 Å². The van der Waals surface area contributed by atoms with Crippen molar-refractivity contribution in [2.24, 2.45) is 7.05 Å². The minimum atomic E-state index is -0.330. The van der Waals surface area contributed by atoms with Gasteiger partial charge in [0, 0.05) is 30.1 Å². The number of benzene rings is 2. The Hall–Kier alpha value is -4.86. The second-order valence-electron chi connectivity index (χ2n) is 8.52. The summed E-state index contributed by atoms with van der Waals surface area (Å²) in [6, 6.07) is 16.3. The Kier molecular flexibility index (Phi) is 6.22. The average Bonchev–Trinajstić information content (AvgIpc) is 3.42. The van der Waals surface area contributed by atoms with Gasteiger partial charge in [-0.05, 0) is 75.4 Å². The minimum absolute atomic E-state index is 0.320. The monoisotopic (exact) mass is 497 g/mol. The zero-order valence-corrected chi connectivity index (χ0v) is 20.7. The second-order valence-corrected chi connectivity index (χ2v) is 8.52. The molecule has 3 aromatic heterocycles. The molecule has 0 saturated carbocycles. The molecule has 186 valence electrons. The third-order valence-electron chi connectivity index (χ3n) is 5.89. The van der Waals surface area contributed by atoms with E-state index in [0.717, 1.165) is 17.0 Å². The number of carbonyl (C=O) groups excluding carboxylic acids is 1. The van der Waals surface area contributed by atoms with Crippen LogP contribution in [0.25, 0.3) is 17.1 Å². The zero-order chi connectivity index (χ0) is 26.1. The molecule has 0 radical (unpaired) electrons. The summed E-state index contributed by atoms with van der Waals surface area (Å²) in [6.07, 6.45) is 1.72. The number of carbonyl (C=O) groups is 1. The van der Waals surface area contributed by atoms with Crippen molar-refractivity contribution in [3.63, 3.8) is 0 Å². The van der Waals surface area contributed by atoms with E-state index in [-0.39, 0.29) is 11.7 Å². The molecular formula is C27H24FN7O2. The van der Waals surface area contributed by atoms with Gasteiger partial charge in [-0.1, -0.05) is 0 Å². The van der Waals surface area contributed by atoms with Crippen LogP contribution in [0, 0.1) is 26.6 Å². The first kappa shape index (κ1) is 23.9. The van der Waals surface area contributed by atoms with Gasteiger partial charge < -0.3 is 10.1 Å².